The number of nitro groups is 1. The molecule has 20 heavy (non-hydrogen) atoms. The van der Waals surface area contributed by atoms with Crippen molar-refractivity contribution in [1.29, 1.82) is 0 Å². The Morgan fingerprint density at radius 1 is 1.35 bits per heavy atom. The van der Waals surface area contributed by atoms with Gasteiger partial charge in [-0.05, 0) is 25.0 Å². The lowest BCUT2D eigenvalue weighted by Crippen LogP contribution is -2.09. The molecule has 0 atom stereocenters. The first-order chi connectivity index (χ1) is 9.49. The summed E-state index contributed by atoms with van der Waals surface area (Å²) < 4.78 is 9.25. The molecular weight excluding hydrogens is 266 g/mol. The maximum atomic E-state index is 11.6. The normalized spacial score (nSPS) is 9.90. The second-order valence-electron chi connectivity index (χ2n) is 3.91. The predicted molar refractivity (Wildman–Crippen MR) is 69.4 cm³/mol. The minimum atomic E-state index is -0.737. The van der Waals surface area contributed by atoms with Crippen molar-refractivity contribution >= 4 is 17.6 Å². The van der Waals surface area contributed by atoms with Crippen LogP contribution in [-0.2, 0) is 20.7 Å². The SMILES string of the molecule is CCOC(=O)c1ccc(CCC(=O)OC)cc1[N+](=O)[O-]. The molecule has 0 N–H and O–H groups in total. The van der Waals surface area contributed by atoms with Crippen molar-refractivity contribution < 1.29 is 24.0 Å². The van der Waals surface area contributed by atoms with E-state index in [1.807, 2.05) is 0 Å². The zero-order valence-electron chi connectivity index (χ0n) is 11.3. The molecule has 0 aromatic heterocycles. The molecule has 0 fully saturated rings. The minimum Gasteiger partial charge on any atom is -0.469 e. The first-order valence-corrected chi connectivity index (χ1v) is 6.00. The minimum absolute atomic E-state index is 0.0985. The molecule has 1 aromatic carbocycles. The number of esters is 2. The van der Waals surface area contributed by atoms with E-state index in [0.29, 0.717) is 12.0 Å². The summed E-state index contributed by atoms with van der Waals surface area (Å²) in [6.07, 6.45) is 0.420. The van der Waals surface area contributed by atoms with Crippen LogP contribution in [0.25, 0.3) is 0 Å². The van der Waals surface area contributed by atoms with Gasteiger partial charge in [-0.3, -0.25) is 14.9 Å². The monoisotopic (exact) mass is 281 g/mol. The van der Waals surface area contributed by atoms with Gasteiger partial charge in [-0.15, -0.1) is 0 Å². The molecule has 0 amide bonds. The van der Waals surface area contributed by atoms with Crippen LogP contribution in [0.2, 0.25) is 0 Å². The number of rotatable bonds is 6. The van der Waals surface area contributed by atoms with Gasteiger partial charge in [0, 0.05) is 12.5 Å². The van der Waals surface area contributed by atoms with Crippen molar-refractivity contribution in [3.8, 4) is 0 Å². The molecule has 7 nitrogen and oxygen atoms in total. The van der Waals surface area contributed by atoms with Gasteiger partial charge in [0.2, 0.25) is 0 Å². The molecule has 0 saturated carbocycles. The number of carbonyl (C=O) groups excluding carboxylic acids is 2. The van der Waals surface area contributed by atoms with E-state index in [-0.39, 0.29) is 24.3 Å². The number of methoxy groups -OCH3 is 1. The van der Waals surface area contributed by atoms with Gasteiger partial charge in [-0.25, -0.2) is 4.79 Å². The van der Waals surface area contributed by atoms with E-state index in [0.717, 1.165) is 0 Å². The fourth-order valence-corrected chi connectivity index (χ4v) is 1.61. The van der Waals surface area contributed by atoms with E-state index in [2.05, 4.69) is 4.74 Å². The molecule has 1 aromatic rings. The molecule has 0 heterocycles. The number of aryl methyl sites for hydroxylation is 1. The van der Waals surface area contributed by atoms with Crippen molar-refractivity contribution in [2.75, 3.05) is 13.7 Å². The zero-order valence-corrected chi connectivity index (χ0v) is 11.3. The molecule has 0 bridgehead atoms. The number of carbonyl (C=O) groups is 2. The van der Waals surface area contributed by atoms with Gasteiger partial charge in [0.25, 0.3) is 5.69 Å². The van der Waals surface area contributed by atoms with E-state index >= 15 is 0 Å². The van der Waals surface area contributed by atoms with Crippen LogP contribution >= 0.6 is 0 Å². The third kappa shape index (κ3) is 4.04. The maximum Gasteiger partial charge on any atom is 0.345 e. The van der Waals surface area contributed by atoms with Crippen LogP contribution in [0, 0.1) is 10.1 Å². The van der Waals surface area contributed by atoms with Crippen molar-refractivity contribution in [2.24, 2.45) is 0 Å². The average Bonchev–Trinajstić information content (AvgIpc) is 2.44. The van der Waals surface area contributed by atoms with Gasteiger partial charge in [-0.2, -0.15) is 0 Å². The number of benzene rings is 1. The van der Waals surface area contributed by atoms with Gasteiger partial charge >= 0.3 is 11.9 Å². The van der Waals surface area contributed by atoms with E-state index in [1.54, 1.807) is 13.0 Å². The summed E-state index contributed by atoms with van der Waals surface area (Å²) in [4.78, 5) is 33.0. The molecule has 0 saturated heterocycles. The predicted octanol–water partition coefficient (Wildman–Crippen LogP) is 1.88. The van der Waals surface area contributed by atoms with Gasteiger partial charge in [0.1, 0.15) is 5.56 Å². The summed E-state index contributed by atoms with van der Waals surface area (Å²) in [7, 11) is 1.27. The largest absolute Gasteiger partial charge is 0.469 e. The third-order valence-corrected chi connectivity index (χ3v) is 2.60. The number of hydrogen-bond acceptors (Lipinski definition) is 6. The molecule has 0 aliphatic heterocycles. The molecule has 0 unspecified atom stereocenters. The Morgan fingerprint density at radius 2 is 2.05 bits per heavy atom. The summed E-state index contributed by atoms with van der Waals surface area (Å²) in [5, 5.41) is 11.0. The summed E-state index contributed by atoms with van der Waals surface area (Å²) >= 11 is 0. The van der Waals surface area contributed by atoms with Crippen LogP contribution in [0.5, 0.6) is 0 Å². The zero-order chi connectivity index (χ0) is 15.1. The van der Waals surface area contributed by atoms with Gasteiger partial charge in [0.15, 0.2) is 0 Å². The van der Waals surface area contributed by atoms with Gasteiger partial charge < -0.3 is 9.47 Å². The Morgan fingerprint density at radius 3 is 2.60 bits per heavy atom. The Bertz CT molecular complexity index is 526. The van der Waals surface area contributed by atoms with Gasteiger partial charge in [0.05, 0.1) is 18.6 Å². The van der Waals surface area contributed by atoms with Crippen molar-refractivity contribution in [3.05, 3.63) is 39.4 Å². The molecule has 108 valence electrons. The fraction of sp³-hybridized carbons (Fsp3) is 0.385. The van der Waals surface area contributed by atoms with Crippen LogP contribution in [0.1, 0.15) is 29.3 Å². The van der Waals surface area contributed by atoms with Crippen LogP contribution in [0.3, 0.4) is 0 Å². The molecule has 0 spiro atoms. The number of nitrogens with zero attached hydrogens (tertiary/aromatic N) is 1. The van der Waals surface area contributed by atoms with E-state index in [4.69, 9.17) is 4.74 Å². The summed E-state index contributed by atoms with van der Waals surface area (Å²) in [6, 6.07) is 4.17. The smallest absolute Gasteiger partial charge is 0.345 e. The first kappa shape index (κ1) is 15.6. The quantitative estimate of drug-likeness (QED) is 0.448. The average molecular weight is 281 g/mol. The standard InChI is InChI=1S/C13H15NO6/c1-3-20-13(16)10-6-4-9(5-7-12(15)19-2)8-11(10)14(17)18/h4,6,8H,3,5,7H2,1-2H3. The first-order valence-electron chi connectivity index (χ1n) is 6.00. The second-order valence-corrected chi connectivity index (χ2v) is 3.91. The lowest BCUT2D eigenvalue weighted by atomic mass is 10.1. The molecule has 0 aliphatic rings. The highest BCUT2D eigenvalue weighted by Gasteiger charge is 2.21. The Labute approximate surface area is 115 Å². The lowest BCUT2D eigenvalue weighted by molar-refractivity contribution is -0.385. The highest BCUT2D eigenvalue weighted by Crippen LogP contribution is 2.22. The molecule has 7 heteroatoms. The van der Waals surface area contributed by atoms with Gasteiger partial charge in [-0.1, -0.05) is 6.07 Å². The second kappa shape index (κ2) is 7.22. The number of nitro benzene ring substituents is 1. The third-order valence-electron chi connectivity index (χ3n) is 2.60. The van der Waals surface area contributed by atoms with Crippen molar-refractivity contribution in [1.82, 2.24) is 0 Å². The van der Waals surface area contributed by atoms with Crippen LogP contribution in [0.4, 0.5) is 5.69 Å². The molecule has 1 rings (SSSR count). The van der Waals surface area contributed by atoms with Crippen LogP contribution < -0.4 is 0 Å². The van der Waals surface area contributed by atoms with E-state index in [9.17, 15) is 19.7 Å². The molecule has 0 radical (unpaired) electrons. The van der Waals surface area contributed by atoms with Crippen LogP contribution in [-0.4, -0.2) is 30.6 Å². The lowest BCUT2D eigenvalue weighted by Gasteiger charge is -2.05. The highest BCUT2D eigenvalue weighted by molar-refractivity contribution is 5.94. The molecule has 0 aliphatic carbocycles. The Kier molecular flexibility index (Phi) is 5.64. The van der Waals surface area contributed by atoms with Crippen molar-refractivity contribution in [2.45, 2.75) is 19.8 Å². The van der Waals surface area contributed by atoms with Crippen LogP contribution in [0.15, 0.2) is 18.2 Å². The Balaban J connectivity index is 2.98. The summed E-state index contributed by atoms with van der Waals surface area (Å²) in [5.41, 5.74) is 0.152. The molecular formula is C13H15NO6. The number of ether oxygens (including phenoxy) is 2. The highest BCUT2D eigenvalue weighted by atomic mass is 16.6. The van der Waals surface area contributed by atoms with E-state index in [1.165, 1.54) is 19.2 Å². The van der Waals surface area contributed by atoms with E-state index < -0.39 is 16.9 Å². The fourth-order valence-electron chi connectivity index (χ4n) is 1.61. The summed E-state index contributed by atoms with van der Waals surface area (Å²) in [6.45, 7) is 1.76. The summed E-state index contributed by atoms with van der Waals surface area (Å²) in [5.74, 6) is -1.14. The number of hydrogen-bond donors (Lipinski definition) is 0. The Hall–Kier alpha value is -2.44. The maximum absolute atomic E-state index is 11.6. The topological polar surface area (TPSA) is 95.7 Å². The van der Waals surface area contributed by atoms with Crippen molar-refractivity contribution in [3.63, 3.8) is 0 Å².